The highest BCUT2D eigenvalue weighted by atomic mass is 32.2. The molecule has 0 bridgehead atoms. The minimum atomic E-state index is -3.79. The maximum atomic E-state index is 13.1. The van der Waals surface area contributed by atoms with Crippen LogP contribution in [0.15, 0.2) is 83.8 Å². The molecule has 29 heavy (non-hydrogen) atoms. The molecule has 0 heterocycles. The number of hydrogen-bond donors (Lipinski definition) is 1. The molecule has 5 nitrogen and oxygen atoms in total. The number of hydrogen-bond acceptors (Lipinski definition) is 3. The summed E-state index contributed by atoms with van der Waals surface area (Å²) in [7, 11) is -2.33. The Morgan fingerprint density at radius 3 is 2.14 bits per heavy atom. The van der Waals surface area contributed by atoms with Crippen molar-refractivity contribution < 1.29 is 13.2 Å². The number of aryl methyl sites for hydroxylation is 1. The van der Waals surface area contributed by atoms with Gasteiger partial charge < -0.3 is 5.32 Å². The molecule has 0 aliphatic heterocycles. The summed E-state index contributed by atoms with van der Waals surface area (Å²) >= 11 is 0. The molecule has 3 aromatic carbocycles. The molecule has 3 rings (SSSR count). The zero-order valence-corrected chi connectivity index (χ0v) is 17.5. The largest absolute Gasteiger partial charge is 0.345 e. The molecule has 0 fully saturated rings. The fourth-order valence-electron chi connectivity index (χ4n) is 3.04. The fourth-order valence-corrected chi connectivity index (χ4v) is 4.25. The van der Waals surface area contributed by atoms with Gasteiger partial charge in [0.05, 0.1) is 22.2 Å². The van der Waals surface area contributed by atoms with Crippen molar-refractivity contribution in [3.8, 4) is 0 Å². The zero-order chi connectivity index (χ0) is 21.0. The van der Waals surface area contributed by atoms with Crippen LogP contribution in [0.3, 0.4) is 0 Å². The highest BCUT2D eigenvalue weighted by molar-refractivity contribution is 7.92. The van der Waals surface area contributed by atoms with E-state index in [2.05, 4.69) is 5.32 Å². The van der Waals surface area contributed by atoms with Crippen molar-refractivity contribution in [3.05, 3.63) is 95.6 Å². The summed E-state index contributed by atoms with van der Waals surface area (Å²) in [5, 5.41) is 2.95. The third-order valence-electron chi connectivity index (χ3n) is 4.81. The van der Waals surface area contributed by atoms with E-state index < -0.39 is 10.0 Å². The maximum absolute atomic E-state index is 13.1. The van der Waals surface area contributed by atoms with Crippen LogP contribution in [0.25, 0.3) is 0 Å². The van der Waals surface area contributed by atoms with E-state index in [1.54, 1.807) is 48.5 Å². The summed E-state index contributed by atoms with van der Waals surface area (Å²) in [5.41, 5.74) is 2.57. The Kier molecular flexibility index (Phi) is 6.03. The average Bonchev–Trinajstić information content (AvgIpc) is 2.74. The first kappa shape index (κ1) is 20.6. The van der Waals surface area contributed by atoms with E-state index in [1.807, 2.05) is 44.2 Å². The second kappa shape index (κ2) is 8.49. The Balaban J connectivity index is 1.90. The topological polar surface area (TPSA) is 66.5 Å². The van der Waals surface area contributed by atoms with E-state index in [4.69, 9.17) is 0 Å². The van der Waals surface area contributed by atoms with Gasteiger partial charge in [0.1, 0.15) is 0 Å². The van der Waals surface area contributed by atoms with Gasteiger partial charge >= 0.3 is 0 Å². The molecule has 0 aromatic heterocycles. The number of carbonyl (C=O) groups excluding carboxylic acids is 1. The van der Waals surface area contributed by atoms with Crippen LogP contribution in [0, 0.1) is 6.92 Å². The Labute approximate surface area is 172 Å². The normalized spacial score (nSPS) is 12.2. The standard InChI is InChI=1S/C23H24N2O3S/c1-17-13-15-20(16-14-17)29(27,28)25(3)22-12-8-7-11-21(22)23(26)24-18(2)19-9-5-4-6-10-19/h4-16,18H,1-3H3,(H,24,26)/t18-/m0/s1. The first-order valence-electron chi connectivity index (χ1n) is 9.31. The molecule has 0 saturated carbocycles. The molecule has 0 saturated heterocycles. The number of nitrogens with one attached hydrogen (secondary N) is 1. The molecule has 0 unspecified atom stereocenters. The summed E-state index contributed by atoms with van der Waals surface area (Å²) < 4.78 is 27.3. The lowest BCUT2D eigenvalue weighted by molar-refractivity contribution is 0.0940. The molecule has 0 radical (unpaired) electrons. The van der Waals surface area contributed by atoms with Crippen LogP contribution in [0.2, 0.25) is 0 Å². The Morgan fingerprint density at radius 1 is 0.897 bits per heavy atom. The second-order valence-corrected chi connectivity index (χ2v) is 8.88. The SMILES string of the molecule is Cc1ccc(S(=O)(=O)N(C)c2ccccc2C(=O)N[C@@H](C)c2ccccc2)cc1. The smallest absolute Gasteiger partial charge is 0.264 e. The van der Waals surface area contributed by atoms with Crippen LogP contribution in [0.4, 0.5) is 5.69 Å². The van der Waals surface area contributed by atoms with Gasteiger partial charge in [0.25, 0.3) is 15.9 Å². The van der Waals surface area contributed by atoms with E-state index in [0.29, 0.717) is 11.3 Å². The average molecular weight is 409 g/mol. The lowest BCUT2D eigenvalue weighted by Crippen LogP contribution is -2.31. The van der Waals surface area contributed by atoms with Crippen LogP contribution < -0.4 is 9.62 Å². The van der Waals surface area contributed by atoms with Crippen molar-refractivity contribution in [1.29, 1.82) is 0 Å². The third kappa shape index (κ3) is 4.49. The predicted octanol–water partition coefficient (Wildman–Crippen LogP) is 4.31. The van der Waals surface area contributed by atoms with E-state index in [1.165, 1.54) is 7.05 Å². The van der Waals surface area contributed by atoms with Crippen molar-refractivity contribution >= 4 is 21.6 Å². The van der Waals surface area contributed by atoms with E-state index >= 15 is 0 Å². The van der Waals surface area contributed by atoms with Crippen molar-refractivity contribution in [1.82, 2.24) is 5.32 Å². The van der Waals surface area contributed by atoms with Gasteiger partial charge in [0.15, 0.2) is 0 Å². The molecule has 1 atom stereocenters. The van der Waals surface area contributed by atoms with Gasteiger partial charge in [-0.3, -0.25) is 9.10 Å². The highest BCUT2D eigenvalue weighted by Gasteiger charge is 2.25. The predicted molar refractivity (Wildman–Crippen MR) is 116 cm³/mol. The monoisotopic (exact) mass is 408 g/mol. The number of carbonyl (C=O) groups is 1. The second-order valence-electron chi connectivity index (χ2n) is 6.91. The lowest BCUT2D eigenvalue weighted by Gasteiger charge is -2.23. The molecular weight excluding hydrogens is 384 g/mol. The van der Waals surface area contributed by atoms with Crippen LogP contribution in [0.5, 0.6) is 0 Å². The van der Waals surface area contributed by atoms with Crippen molar-refractivity contribution in [2.75, 3.05) is 11.4 Å². The van der Waals surface area contributed by atoms with Gasteiger partial charge in [-0.25, -0.2) is 8.42 Å². The molecule has 3 aromatic rings. The summed E-state index contributed by atoms with van der Waals surface area (Å²) in [6.07, 6.45) is 0. The summed E-state index contributed by atoms with van der Waals surface area (Å²) in [4.78, 5) is 13.1. The van der Waals surface area contributed by atoms with Gasteiger partial charge in [-0.15, -0.1) is 0 Å². The fraction of sp³-hybridized carbons (Fsp3) is 0.174. The van der Waals surface area contributed by atoms with E-state index in [0.717, 1.165) is 15.4 Å². The minimum Gasteiger partial charge on any atom is -0.345 e. The first-order valence-corrected chi connectivity index (χ1v) is 10.7. The highest BCUT2D eigenvalue weighted by Crippen LogP contribution is 2.26. The lowest BCUT2D eigenvalue weighted by atomic mass is 10.1. The summed E-state index contributed by atoms with van der Waals surface area (Å²) in [5.74, 6) is -0.331. The maximum Gasteiger partial charge on any atom is 0.264 e. The van der Waals surface area contributed by atoms with Crippen molar-refractivity contribution in [2.24, 2.45) is 0 Å². The molecule has 1 amide bonds. The third-order valence-corrected chi connectivity index (χ3v) is 6.60. The number of amides is 1. The Bertz CT molecular complexity index is 1090. The molecule has 150 valence electrons. The summed E-state index contributed by atoms with van der Waals surface area (Å²) in [6.45, 7) is 3.79. The number of sulfonamides is 1. The summed E-state index contributed by atoms with van der Waals surface area (Å²) in [6, 6.07) is 22.7. The molecule has 1 N–H and O–H groups in total. The Hall–Kier alpha value is -3.12. The number of rotatable bonds is 6. The minimum absolute atomic E-state index is 0.179. The van der Waals surface area contributed by atoms with Gasteiger partial charge in [-0.05, 0) is 43.7 Å². The van der Waals surface area contributed by atoms with Crippen LogP contribution in [0.1, 0.15) is 34.5 Å². The molecular formula is C23H24N2O3S. The van der Waals surface area contributed by atoms with Crippen molar-refractivity contribution in [3.63, 3.8) is 0 Å². The van der Waals surface area contributed by atoms with Gasteiger partial charge in [-0.1, -0.05) is 60.2 Å². The molecule has 0 aliphatic rings. The van der Waals surface area contributed by atoms with E-state index in [9.17, 15) is 13.2 Å². The van der Waals surface area contributed by atoms with Crippen LogP contribution >= 0.6 is 0 Å². The number of anilines is 1. The number of benzene rings is 3. The molecule has 6 heteroatoms. The quantitative estimate of drug-likeness (QED) is 0.661. The molecule has 0 spiro atoms. The van der Waals surface area contributed by atoms with Crippen LogP contribution in [-0.2, 0) is 10.0 Å². The molecule has 0 aliphatic carbocycles. The van der Waals surface area contributed by atoms with Gasteiger partial charge in [0, 0.05) is 7.05 Å². The van der Waals surface area contributed by atoms with Gasteiger partial charge in [-0.2, -0.15) is 0 Å². The number of nitrogens with zero attached hydrogens (tertiary/aromatic N) is 1. The van der Waals surface area contributed by atoms with Crippen molar-refractivity contribution in [2.45, 2.75) is 24.8 Å². The number of para-hydroxylation sites is 1. The first-order chi connectivity index (χ1) is 13.8. The van der Waals surface area contributed by atoms with E-state index in [-0.39, 0.29) is 16.8 Å². The zero-order valence-electron chi connectivity index (χ0n) is 16.7. The van der Waals surface area contributed by atoms with Crippen LogP contribution in [-0.4, -0.2) is 21.4 Å². The Morgan fingerprint density at radius 2 is 1.48 bits per heavy atom. The van der Waals surface area contributed by atoms with Gasteiger partial charge in [0.2, 0.25) is 0 Å².